The minimum Gasteiger partial charge on any atom is -0.392 e. The van der Waals surface area contributed by atoms with E-state index in [0.717, 1.165) is 17.7 Å². The fourth-order valence-corrected chi connectivity index (χ4v) is 2.58. The Bertz CT molecular complexity index is 528. The SMILES string of the molecule is CCc1ccccc1N1CC(C(=O)NCC(C)O)CC1=O. The Hall–Kier alpha value is -1.88. The van der Waals surface area contributed by atoms with Crippen LogP contribution in [0.5, 0.6) is 0 Å². The molecule has 1 fully saturated rings. The van der Waals surface area contributed by atoms with Gasteiger partial charge in [-0.25, -0.2) is 0 Å². The number of aliphatic hydroxyl groups is 1. The van der Waals surface area contributed by atoms with E-state index in [1.807, 2.05) is 31.2 Å². The Kier molecular flexibility index (Phi) is 4.96. The van der Waals surface area contributed by atoms with Crippen molar-refractivity contribution in [2.24, 2.45) is 5.92 Å². The molecule has 0 aromatic heterocycles. The van der Waals surface area contributed by atoms with Gasteiger partial charge in [0.2, 0.25) is 11.8 Å². The number of nitrogens with one attached hydrogen (secondary N) is 1. The fraction of sp³-hybridized carbons (Fsp3) is 0.500. The van der Waals surface area contributed by atoms with Crippen molar-refractivity contribution in [1.82, 2.24) is 5.32 Å². The molecule has 1 aromatic carbocycles. The number of hydrogen-bond acceptors (Lipinski definition) is 3. The summed E-state index contributed by atoms with van der Waals surface area (Å²) in [6.07, 6.45) is 0.491. The molecule has 5 heteroatoms. The van der Waals surface area contributed by atoms with E-state index in [9.17, 15) is 14.7 Å². The highest BCUT2D eigenvalue weighted by molar-refractivity contribution is 6.00. The maximum Gasteiger partial charge on any atom is 0.227 e. The number of hydrogen-bond donors (Lipinski definition) is 2. The van der Waals surface area contributed by atoms with Gasteiger partial charge in [-0.15, -0.1) is 0 Å². The number of rotatable bonds is 5. The number of aliphatic hydroxyl groups excluding tert-OH is 1. The molecule has 2 rings (SSSR count). The van der Waals surface area contributed by atoms with Gasteiger partial charge in [0.15, 0.2) is 0 Å². The maximum absolute atomic E-state index is 12.2. The van der Waals surface area contributed by atoms with Crippen LogP contribution in [0.15, 0.2) is 24.3 Å². The van der Waals surface area contributed by atoms with E-state index in [-0.39, 0.29) is 30.7 Å². The third kappa shape index (κ3) is 3.61. The molecule has 1 aromatic rings. The molecule has 1 aliphatic heterocycles. The minimum absolute atomic E-state index is 0.0203. The Labute approximate surface area is 125 Å². The molecule has 0 aliphatic carbocycles. The lowest BCUT2D eigenvalue weighted by Crippen LogP contribution is -2.36. The summed E-state index contributed by atoms with van der Waals surface area (Å²) in [6, 6.07) is 7.79. The summed E-state index contributed by atoms with van der Waals surface area (Å²) in [5.74, 6) is -0.532. The van der Waals surface area contributed by atoms with Crippen LogP contribution >= 0.6 is 0 Å². The molecule has 0 spiro atoms. The maximum atomic E-state index is 12.2. The molecule has 2 amide bonds. The van der Waals surface area contributed by atoms with Crippen LogP contribution in [0, 0.1) is 5.92 Å². The zero-order chi connectivity index (χ0) is 15.4. The first-order valence-corrected chi connectivity index (χ1v) is 7.37. The highest BCUT2D eigenvalue weighted by Gasteiger charge is 2.35. The fourth-order valence-electron chi connectivity index (χ4n) is 2.58. The number of amides is 2. The lowest BCUT2D eigenvalue weighted by atomic mass is 10.1. The summed E-state index contributed by atoms with van der Waals surface area (Å²) in [6.45, 7) is 4.28. The van der Waals surface area contributed by atoms with E-state index in [1.165, 1.54) is 0 Å². The summed E-state index contributed by atoms with van der Waals surface area (Å²) in [7, 11) is 0. The molecule has 2 atom stereocenters. The summed E-state index contributed by atoms with van der Waals surface area (Å²) in [5, 5.41) is 11.9. The molecule has 5 nitrogen and oxygen atoms in total. The van der Waals surface area contributed by atoms with Crippen molar-refractivity contribution in [1.29, 1.82) is 0 Å². The molecule has 21 heavy (non-hydrogen) atoms. The lowest BCUT2D eigenvalue weighted by Gasteiger charge is -2.20. The smallest absolute Gasteiger partial charge is 0.227 e. The average molecular weight is 290 g/mol. The minimum atomic E-state index is -0.581. The number of para-hydroxylation sites is 1. The van der Waals surface area contributed by atoms with Gasteiger partial charge in [-0.1, -0.05) is 25.1 Å². The van der Waals surface area contributed by atoms with Crippen molar-refractivity contribution in [2.45, 2.75) is 32.8 Å². The molecule has 2 unspecified atom stereocenters. The molecule has 0 bridgehead atoms. The Balaban J connectivity index is 2.07. The van der Waals surface area contributed by atoms with Crippen LogP contribution in [0.3, 0.4) is 0 Å². The molecule has 114 valence electrons. The molecular weight excluding hydrogens is 268 g/mol. The lowest BCUT2D eigenvalue weighted by molar-refractivity contribution is -0.126. The highest BCUT2D eigenvalue weighted by Crippen LogP contribution is 2.28. The van der Waals surface area contributed by atoms with Crippen molar-refractivity contribution in [2.75, 3.05) is 18.0 Å². The summed E-state index contributed by atoms with van der Waals surface area (Å²) < 4.78 is 0. The second kappa shape index (κ2) is 6.72. The molecule has 0 radical (unpaired) electrons. The normalized spacial score (nSPS) is 19.7. The molecule has 1 saturated heterocycles. The van der Waals surface area contributed by atoms with E-state index in [0.29, 0.717) is 6.54 Å². The molecule has 2 N–H and O–H groups in total. The molecule has 1 heterocycles. The number of aryl methyl sites for hydroxylation is 1. The summed E-state index contributed by atoms with van der Waals surface area (Å²) in [5.41, 5.74) is 2.01. The van der Waals surface area contributed by atoms with Crippen molar-refractivity contribution < 1.29 is 14.7 Å². The third-order valence-electron chi connectivity index (χ3n) is 3.73. The van der Waals surface area contributed by atoms with E-state index in [2.05, 4.69) is 5.32 Å². The van der Waals surface area contributed by atoms with Crippen LogP contribution in [0.4, 0.5) is 5.69 Å². The van der Waals surface area contributed by atoms with E-state index < -0.39 is 6.10 Å². The first-order valence-electron chi connectivity index (χ1n) is 7.37. The van der Waals surface area contributed by atoms with Gasteiger partial charge in [0.1, 0.15) is 0 Å². The summed E-state index contributed by atoms with van der Waals surface area (Å²) >= 11 is 0. The number of carbonyl (C=O) groups is 2. The van der Waals surface area contributed by atoms with Gasteiger partial charge >= 0.3 is 0 Å². The van der Waals surface area contributed by atoms with Gasteiger partial charge in [0.25, 0.3) is 0 Å². The first kappa shape index (κ1) is 15.5. The van der Waals surface area contributed by atoms with Gasteiger partial charge in [0.05, 0.1) is 12.0 Å². The first-order chi connectivity index (χ1) is 10.0. The van der Waals surface area contributed by atoms with Crippen LogP contribution in [0.25, 0.3) is 0 Å². The summed E-state index contributed by atoms with van der Waals surface area (Å²) in [4.78, 5) is 25.9. The zero-order valence-corrected chi connectivity index (χ0v) is 12.5. The molecular formula is C16H22N2O3. The van der Waals surface area contributed by atoms with Gasteiger partial charge in [-0.05, 0) is 25.0 Å². The van der Waals surface area contributed by atoms with Gasteiger partial charge in [-0.2, -0.15) is 0 Å². The predicted molar refractivity (Wildman–Crippen MR) is 81.0 cm³/mol. The van der Waals surface area contributed by atoms with Crippen molar-refractivity contribution >= 4 is 17.5 Å². The average Bonchev–Trinajstić information content (AvgIpc) is 2.86. The number of benzene rings is 1. The van der Waals surface area contributed by atoms with Crippen molar-refractivity contribution in [3.8, 4) is 0 Å². The van der Waals surface area contributed by atoms with Crippen molar-refractivity contribution in [3.63, 3.8) is 0 Å². The van der Waals surface area contributed by atoms with Crippen LogP contribution in [0.1, 0.15) is 25.8 Å². The Morgan fingerprint density at radius 1 is 1.48 bits per heavy atom. The Morgan fingerprint density at radius 2 is 2.19 bits per heavy atom. The van der Waals surface area contributed by atoms with Crippen LogP contribution < -0.4 is 10.2 Å². The van der Waals surface area contributed by atoms with Crippen LogP contribution in [0.2, 0.25) is 0 Å². The van der Waals surface area contributed by atoms with Gasteiger partial charge in [0, 0.05) is 25.2 Å². The number of nitrogens with zero attached hydrogens (tertiary/aromatic N) is 1. The highest BCUT2D eigenvalue weighted by atomic mass is 16.3. The standard InChI is InChI=1S/C16H22N2O3/c1-3-12-6-4-5-7-14(12)18-10-13(8-15(18)20)16(21)17-9-11(2)19/h4-7,11,13,19H,3,8-10H2,1-2H3,(H,17,21). The number of carbonyl (C=O) groups excluding carboxylic acids is 2. The van der Waals surface area contributed by atoms with E-state index in [1.54, 1.807) is 11.8 Å². The third-order valence-corrected chi connectivity index (χ3v) is 3.73. The molecule has 0 saturated carbocycles. The van der Waals surface area contributed by atoms with Gasteiger partial charge in [-0.3, -0.25) is 9.59 Å². The predicted octanol–water partition coefficient (Wildman–Crippen LogP) is 1.10. The zero-order valence-electron chi connectivity index (χ0n) is 12.5. The quantitative estimate of drug-likeness (QED) is 0.853. The monoisotopic (exact) mass is 290 g/mol. The second-order valence-corrected chi connectivity index (χ2v) is 5.48. The van der Waals surface area contributed by atoms with E-state index >= 15 is 0 Å². The largest absolute Gasteiger partial charge is 0.392 e. The van der Waals surface area contributed by atoms with Gasteiger partial charge < -0.3 is 15.3 Å². The second-order valence-electron chi connectivity index (χ2n) is 5.48. The topological polar surface area (TPSA) is 69.6 Å². The molecule has 1 aliphatic rings. The van der Waals surface area contributed by atoms with E-state index in [4.69, 9.17) is 0 Å². The van der Waals surface area contributed by atoms with Crippen LogP contribution in [-0.4, -0.2) is 36.1 Å². The van der Waals surface area contributed by atoms with Crippen LogP contribution in [-0.2, 0) is 16.0 Å². The number of anilines is 1. The Morgan fingerprint density at radius 3 is 2.86 bits per heavy atom. The van der Waals surface area contributed by atoms with Crippen molar-refractivity contribution in [3.05, 3.63) is 29.8 Å².